The number of carbonyl (C=O) groups excluding carboxylic acids is 1. The number of nitrogens with one attached hydrogen (secondary N) is 3. The Hall–Kier alpha value is 0.350. The van der Waals surface area contributed by atoms with Crippen LogP contribution in [0, 0.1) is 0 Å². The minimum absolute atomic E-state index is 0.176. The van der Waals surface area contributed by atoms with Crippen LogP contribution in [0.1, 0.15) is 19.3 Å². The van der Waals surface area contributed by atoms with Crippen LogP contribution in [0.4, 0.5) is 0 Å². The number of halogens is 2. The Balaban J connectivity index is 3.51. The van der Waals surface area contributed by atoms with Crippen molar-refractivity contribution >= 4 is 49.0 Å². The molecule has 0 aromatic heterocycles. The molecular formula is C11H22I2N4O2. The van der Waals surface area contributed by atoms with E-state index in [1.165, 1.54) is 0 Å². The molecule has 8 heteroatoms. The standard InChI is InChI=1S/C11H22I2N4O2/c12-9-16-5-7-19-6-4-15-8-10(17-14)2-1-3-11(13)18/h8,15-17H,1-7,9,14H2/b10-8-. The molecule has 0 radical (unpaired) electrons. The van der Waals surface area contributed by atoms with E-state index in [4.69, 9.17) is 10.6 Å². The number of nitrogens with two attached hydrogens (primary N) is 1. The zero-order valence-electron chi connectivity index (χ0n) is 10.9. The van der Waals surface area contributed by atoms with Gasteiger partial charge in [-0.1, -0.05) is 22.6 Å². The van der Waals surface area contributed by atoms with Crippen LogP contribution in [0.3, 0.4) is 0 Å². The molecule has 0 amide bonds. The van der Waals surface area contributed by atoms with Crippen molar-refractivity contribution in [1.29, 1.82) is 0 Å². The van der Waals surface area contributed by atoms with Gasteiger partial charge in [-0.2, -0.15) is 0 Å². The molecule has 5 N–H and O–H groups in total. The quantitative estimate of drug-likeness (QED) is 0.0580. The van der Waals surface area contributed by atoms with Crippen LogP contribution in [0.2, 0.25) is 0 Å². The van der Waals surface area contributed by atoms with E-state index < -0.39 is 0 Å². The number of hydrogen-bond donors (Lipinski definition) is 4. The first-order valence-electron chi connectivity index (χ1n) is 6.12. The van der Waals surface area contributed by atoms with Crippen LogP contribution in [0.5, 0.6) is 0 Å². The zero-order chi connectivity index (χ0) is 14.3. The van der Waals surface area contributed by atoms with E-state index in [1.807, 2.05) is 6.20 Å². The van der Waals surface area contributed by atoms with E-state index in [9.17, 15) is 4.79 Å². The smallest absolute Gasteiger partial charge is 0.192 e. The van der Waals surface area contributed by atoms with E-state index in [2.05, 4.69) is 38.7 Å². The maximum absolute atomic E-state index is 10.8. The predicted octanol–water partition coefficient (Wildman–Crippen LogP) is 1.01. The number of rotatable bonds is 13. The molecular weight excluding hydrogens is 474 g/mol. The maximum Gasteiger partial charge on any atom is 0.192 e. The number of hydrogen-bond acceptors (Lipinski definition) is 6. The summed E-state index contributed by atoms with van der Waals surface area (Å²) in [7, 11) is 0. The Kier molecular flexibility index (Phi) is 15.0. The predicted molar refractivity (Wildman–Crippen MR) is 94.0 cm³/mol. The molecule has 0 saturated carbocycles. The minimum atomic E-state index is 0.176. The molecule has 0 aromatic carbocycles. The SMILES string of the molecule is NN/C(=C\NCCOCCNCI)CCCC(=O)I. The molecule has 0 rings (SSSR count). The fraction of sp³-hybridized carbons (Fsp3) is 0.727. The summed E-state index contributed by atoms with van der Waals surface area (Å²) in [5.41, 5.74) is 3.52. The first-order chi connectivity index (χ1) is 9.20. The minimum Gasteiger partial charge on any atom is -0.387 e. The van der Waals surface area contributed by atoms with Crippen molar-refractivity contribution in [1.82, 2.24) is 16.1 Å². The average molecular weight is 496 g/mol. The highest BCUT2D eigenvalue weighted by Gasteiger charge is 1.98. The molecule has 0 aromatic rings. The van der Waals surface area contributed by atoms with Gasteiger partial charge in [0.05, 0.1) is 13.2 Å². The van der Waals surface area contributed by atoms with Crippen LogP contribution in [-0.2, 0) is 9.53 Å². The third-order valence-corrected chi connectivity index (χ3v) is 3.27. The Labute approximate surface area is 141 Å². The summed E-state index contributed by atoms with van der Waals surface area (Å²) in [5, 5.41) is 6.30. The molecule has 0 atom stereocenters. The third-order valence-electron chi connectivity index (χ3n) is 2.19. The molecule has 0 aliphatic carbocycles. The van der Waals surface area contributed by atoms with Gasteiger partial charge < -0.3 is 20.8 Å². The van der Waals surface area contributed by atoms with Gasteiger partial charge in [-0.3, -0.25) is 10.6 Å². The molecule has 0 heterocycles. The van der Waals surface area contributed by atoms with Gasteiger partial charge >= 0.3 is 0 Å². The molecule has 0 aliphatic rings. The monoisotopic (exact) mass is 496 g/mol. The summed E-state index contributed by atoms with van der Waals surface area (Å²) in [6.07, 6.45) is 3.98. The molecule has 0 saturated heterocycles. The zero-order valence-corrected chi connectivity index (χ0v) is 15.2. The molecule has 112 valence electrons. The number of ether oxygens (including phenoxy) is 1. The summed E-state index contributed by atoms with van der Waals surface area (Å²) in [6, 6.07) is 0. The Morgan fingerprint density at radius 3 is 2.63 bits per heavy atom. The van der Waals surface area contributed by atoms with Crippen LogP contribution < -0.4 is 21.9 Å². The van der Waals surface area contributed by atoms with Crippen molar-refractivity contribution in [3.05, 3.63) is 11.9 Å². The molecule has 0 spiro atoms. The number of allylic oxidation sites excluding steroid dienone is 1. The van der Waals surface area contributed by atoms with Gasteiger partial charge in [-0.05, 0) is 35.4 Å². The van der Waals surface area contributed by atoms with E-state index in [1.54, 1.807) is 22.6 Å². The average Bonchev–Trinajstić information content (AvgIpc) is 2.39. The fourth-order valence-electron chi connectivity index (χ4n) is 1.24. The number of alkyl halides is 1. The summed E-state index contributed by atoms with van der Waals surface area (Å²) in [5.74, 6) is 5.40. The lowest BCUT2D eigenvalue weighted by atomic mass is 10.2. The summed E-state index contributed by atoms with van der Waals surface area (Å²) >= 11 is 4.07. The van der Waals surface area contributed by atoms with Gasteiger partial charge in [0.2, 0.25) is 0 Å². The molecule has 6 nitrogen and oxygen atoms in total. The lowest BCUT2D eigenvalue weighted by molar-refractivity contribution is -0.109. The second kappa shape index (κ2) is 14.8. The van der Waals surface area contributed by atoms with Crippen molar-refractivity contribution in [2.24, 2.45) is 5.84 Å². The lowest BCUT2D eigenvalue weighted by Gasteiger charge is -2.08. The van der Waals surface area contributed by atoms with Crippen LogP contribution in [0.15, 0.2) is 11.9 Å². The van der Waals surface area contributed by atoms with Gasteiger partial charge in [0.25, 0.3) is 0 Å². The van der Waals surface area contributed by atoms with E-state index in [-0.39, 0.29) is 3.79 Å². The molecule has 0 bridgehead atoms. The second-order valence-corrected chi connectivity index (χ2v) is 5.69. The highest BCUT2D eigenvalue weighted by Crippen LogP contribution is 2.05. The van der Waals surface area contributed by atoms with Crippen LogP contribution >= 0.6 is 45.2 Å². The second-order valence-electron chi connectivity index (χ2n) is 3.72. The molecule has 0 unspecified atom stereocenters. The van der Waals surface area contributed by atoms with Crippen molar-refractivity contribution in [2.45, 2.75) is 19.3 Å². The topological polar surface area (TPSA) is 88.4 Å². The molecule has 0 fully saturated rings. The van der Waals surface area contributed by atoms with Gasteiger partial charge in [-0.15, -0.1) is 0 Å². The van der Waals surface area contributed by atoms with Gasteiger partial charge in [0, 0.05) is 36.0 Å². The first kappa shape index (κ1) is 19.4. The molecule has 0 aliphatic heterocycles. The normalized spacial score (nSPS) is 11.4. The highest BCUT2D eigenvalue weighted by molar-refractivity contribution is 14.1. The summed E-state index contributed by atoms with van der Waals surface area (Å²) in [6.45, 7) is 2.98. The number of carbonyl (C=O) groups is 1. The van der Waals surface area contributed by atoms with E-state index >= 15 is 0 Å². The van der Waals surface area contributed by atoms with Gasteiger partial charge in [0.15, 0.2) is 3.79 Å². The summed E-state index contributed by atoms with van der Waals surface area (Å²) < 4.78 is 6.52. The Bertz CT molecular complexity index is 265. The van der Waals surface area contributed by atoms with Gasteiger partial charge in [-0.25, -0.2) is 0 Å². The van der Waals surface area contributed by atoms with E-state index in [0.29, 0.717) is 19.6 Å². The molecule has 19 heavy (non-hydrogen) atoms. The fourth-order valence-corrected chi connectivity index (χ4v) is 2.01. The Morgan fingerprint density at radius 1 is 1.26 bits per heavy atom. The maximum atomic E-state index is 10.8. The van der Waals surface area contributed by atoms with E-state index in [0.717, 1.165) is 36.2 Å². The van der Waals surface area contributed by atoms with Crippen LogP contribution in [0.25, 0.3) is 0 Å². The Morgan fingerprint density at radius 2 is 2.00 bits per heavy atom. The van der Waals surface area contributed by atoms with Crippen LogP contribution in [-0.4, -0.2) is 34.6 Å². The summed E-state index contributed by atoms with van der Waals surface area (Å²) in [4.78, 5) is 10.8. The van der Waals surface area contributed by atoms with Gasteiger partial charge in [0.1, 0.15) is 0 Å². The lowest BCUT2D eigenvalue weighted by Crippen LogP contribution is -2.25. The van der Waals surface area contributed by atoms with Crippen molar-refractivity contribution in [3.8, 4) is 0 Å². The van der Waals surface area contributed by atoms with Crippen molar-refractivity contribution in [2.75, 3.05) is 30.9 Å². The van der Waals surface area contributed by atoms with Crippen molar-refractivity contribution in [3.63, 3.8) is 0 Å². The third kappa shape index (κ3) is 14.6. The highest BCUT2D eigenvalue weighted by atomic mass is 127. The van der Waals surface area contributed by atoms with Crippen molar-refractivity contribution < 1.29 is 9.53 Å². The number of hydrazine groups is 1. The first-order valence-corrected chi connectivity index (χ1v) is 8.73. The largest absolute Gasteiger partial charge is 0.387 e.